The molecule has 0 aromatic heterocycles. The Morgan fingerprint density at radius 3 is 0.952 bits per heavy atom. The van der Waals surface area contributed by atoms with Crippen molar-refractivity contribution in [3.63, 3.8) is 0 Å². The Morgan fingerprint density at radius 1 is 0.381 bits per heavy atom. The lowest BCUT2D eigenvalue weighted by atomic mass is 10.0. The Labute approximate surface area is 264 Å². The van der Waals surface area contributed by atoms with Gasteiger partial charge in [0.05, 0.1) is 0 Å². The molecular formula is C38H78N2O2. The third kappa shape index (κ3) is 43.4. The van der Waals surface area contributed by atoms with Gasteiger partial charge in [-0.3, -0.25) is 9.59 Å². The molecule has 0 aromatic rings. The average molecular weight is 595 g/mol. The number of carbonyl (C=O) groups excluding carboxylic acids is 2. The zero-order valence-electron chi connectivity index (χ0n) is 29.2. The van der Waals surface area contributed by atoms with Crippen LogP contribution in [0.4, 0.5) is 0 Å². The number of unbranched alkanes of at least 4 members (excludes halogenated alkanes) is 27. The van der Waals surface area contributed by atoms with Crippen LogP contribution in [0.2, 0.25) is 0 Å². The summed E-state index contributed by atoms with van der Waals surface area (Å²) >= 11 is 0. The van der Waals surface area contributed by atoms with Gasteiger partial charge in [0.25, 0.3) is 0 Å². The number of rotatable bonds is 33. The fraction of sp³-hybridized carbons (Fsp3) is 0.947. The number of nitrogens with two attached hydrogens (primary N) is 1. The van der Waals surface area contributed by atoms with Gasteiger partial charge in [0.2, 0.25) is 11.8 Å². The summed E-state index contributed by atoms with van der Waals surface area (Å²) in [5.41, 5.74) is 5.09. The summed E-state index contributed by atoms with van der Waals surface area (Å²) < 4.78 is 0. The molecule has 0 aliphatic rings. The topological polar surface area (TPSA) is 72.2 Å². The Balaban J connectivity index is 0. The van der Waals surface area contributed by atoms with Gasteiger partial charge in [0, 0.05) is 19.4 Å². The van der Waals surface area contributed by atoms with Crippen molar-refractivity contribution in [3.05, 3.63) is 0 Å². The number of nitrogens with one attached hydrogen (secondary N) is 1. The van der Waals surface area contributed by atoms with Gasteiger partial charge >= 0.3 is 0 Å². The summed E-state index contributed by atoms with van der Waals surface area (Å²) in [6.07, 6.45) is 41.3. The SMILES string of the molecule is CCCCCCCCCCCCCCCC(=O)NCCCCCC.CCCCCCCCCCCCCCCC(N)=O. The van der Waals surface area contributed by atoms with E-state index in [2.05, 4.69) is 26.1 Å². The second-order valence-electron chi connectivity index (χ2n) is 12.9. The molecule has 2 amide bonds. The molecule has 42 heavy (non-hydrogen) atoms. The molecule has 0 bridgehead atoms. The van der Waals surface area contributed by atoms with Crippen LogP contribution in [0.1, 0.15) is 226 Å². The van der Waals surface area contributed by atoms with Crippen LogP contribution in [0.25, 0.3) is 0 Å². The fourth-order valence-electron chi connectivity index (χ4n) is 5.49. The van der Waals surface area contributed by atoms with E-state index in [0.29, 0.717) is 6.42 Å². The largest absolute Gasteiger partial charge is 0.370 e. The van der Waals surface area contributed by atoms with Gasteiger partial charge in [-0.2, -0.15) is 0 Å². The first-order valence-corrected chi connectivity index (χ1v) is 19.1. The minimum atomic E-state index is -0.155. The monoisotopic (exact) mass is 595 g/mol. The molecule has 0 atom stereocenters. The summed E-state index contributed by atoms with van der Waals surface area (Å²) in [4.78, 5) is 22.2. The van der Waals surface area contributed by atoms with E-state index in [1.807, 2.05) is 0 Å². The van der Waals surface area contributed by atoms with Crippen molar-refractivity contribution < 1.29 is 9.59 Å². The quantitative estimate of drug-likeness (QED) is 0.0742. The van der Waals surface area contributed by atoms with Crippen molar-refractivity contribution in [2.45, 2.75) is 226 Å². The Kier molecular flexibility index (Phi) is 41.0. The van der Waals surface area contributed by atoms with Crippen molar-refractivity contribution in [2.24, 2.45) is 5.73 Å². The number of hydrogen-bond donors (Lipinski definition) is 2. The molecule has 0 saturated heterocycles. The lowest BCUT2D eigenvalue weighted by molar-refractivity contribution is -0.121. The molecule has 3 N–H and O–H groups in total. The minimum absolute atomic E-state index is 0.155. The van der Waals surface area contributed by atoms with Crippen molar-refractivity contribution in [1.82, 2.24) is 5.32 Å². The van der Waals surface area contributed by atoms with Crippen LogP contribution in [-0.4, -0.2) is 18.4 Å². The summed E-state index contributed by atoms with van der Waals surface area (Å²) in [6, 6.07) is 0. The van der Waals surface area contributed by atoms with Crippen molar-refractivity contribution >= 4 is 11.8 Å². The third-order valence-corrected chi connectivity index (χ3v) is 8.39. The molecule has 0 aromatic carbocycles. The molecule has 0 fully saturated rings. The van der Waals surface area contributed by atoms with E-state index in [1.54, 1.807) is 0 Å². The van der Waals surface area contributed by atoms with Crippen molar-refractivity contribution in [3.8, 4) is 0 Å². The average Bonchev–Trinajstić information content (AvgIpc) is 2.98. The molecule has 0 saturated carbocycles. The third-order valence-electron chi connectivity index (χ3n) is 8.39. The molecule has 0 aliphatic heterocycles. The maximum absolute atomic E-state index is 11.7. The summed E-state index contributed by atoms with van der Waals surface area (Å²) in [6.45, 7) is 7.63. The lowest BCUT2D eigenvalue weighted by Crippen LogP contribution is -2.23. The van der Waals surface area contributed by atoms with Gasteiger partial charge in [-0.25, -0.2) is 0 Å². The molecule has 0 radical (unpaired) electrons. The van der Waals surface area contributed by atoms with Crippen LogP contribution >= 0.6 is 0 Å². The Hall–Kier alpha value is -1.06. The maximum atomic E-state index is 11.7. The molecule has 252 valence electrons. The summed E-state index contributed by atoms with van der Waals surface area (Å²) in [5.74, 6) is 0.104. The van der Waals surface area contributed by atoms with E-state index in [9.17, 15) is 9.59 Å². The van der Waals surface area contributed by atoms with E-state index in [4.69, 9.17) is 5.73 Å². The predicted octanol–water partition coefficient (Wildman–Crippen LogP) is 12.1. The van der Waals surface area contributed by atoms with Gasteiger partial charge < -0.3 is 11.1 Å². The van der Waals surface area contributed by atoms with Crippen molar-refractivity contribution in [2.75, 3.05) is 6.54 Å². The molecular weight excluding hydrogens is 516 g/mol. The highest BCUT2D eigenvalue weighted by Crippen LogP contribution is 2.14. The number of carbonyl (C=O) groups is 2. The minimum Gasteiger partial charge on any atom is -0.370 e. The number of amides is 2. The van der Waals surface area contributed by atoms with Crippen LogP contribution in [0.15, 0.2) is 0 Å². The van der Waals surface area contributed by atoms with Gasteiger partial charge in [-0.15, -0.1) is 0 Å². The standard InChI is InChI=1S/C22H45NO.C16H33NO/c1-3-5-7-9-10-11-12-13-14-15-16-17-18-20-22(24)23-21-19-8-6-4-2;1-2-3-4-5-6-7-8-9-10-11-12-13-14-15-16(17)18/h3-21H2,1-2H3,(H,23,24);2-15H2,1H3,(H2,17,18). The second kappa shape index (κ2) is 39.9. The van der Waals surface area contributed by atoms with Crippen LogP contribution in [-0.2, 0) is 9.59 Å². The molecule has 4 nitrogen and oxygen atoms in total. The highest BCUT2D eigenvalue weighted by molar-refractivity contribution is 5.75. The first-order chi connectivity index (χ1) is 20.6. The van der Waals surface area contributed by atoms with Crippen molar-refractivity contribution in [1.29, 1.82) is 0 Å². The Bertz CT molecular complexity index is 523. The van der Waals surface area contributed by atoms with E-state index in [-0.39, 0.29) is 11.8 Å². The number of hydrogen-bond acceptors (Lipinski definition) is 2. The van der Waals surface area contributed by atoms with Crippen LogP contribution in [0, 0.1) is 0 Å². The Morgan fingerprint density at radius 2 is 0.643 bits per heavy atom. The number of primary amides is 1. The smallest absolute Gasteiger partial charge is 0.219 e. The molecule has 0 heterocycles. The van der Waals surface area contributed by atoms with Gasteiger partial charge in [0.15, 0.2) is 0 Å². The van der Waals surface area contributed by atoms with Crippen LogP contribution in [0.5, 0.6) is 0 Å². The summed E-state index contributed by atoms with van der Waals surface area (Å²) in [5, 5.41) is 3.05. The fourth-order valence-corrected chi connectivity index (χ4v) is 5.49. The molecule has 0 spiro atoms. The summed E-state index contributed by atoms with van der Waals surface area (Å²) in [7, 11) is 0. The predicted molar refractivity (Wildman–Crippen MR) is 187 cm³/mol. The van der Waals surface area contributed by atoms with E-state index in [0.717, 1.165) is 32.2 Å². The van der Waals surface area contributed by atoms with E-state index < -0.39 is 0 Å². The zero-order valence-corrected chi connectivity index (χ0v) is 29.2. The van der Waals surface area contributed by atoms with E-state index >= 15 is 0 Å². The van der Waals surface area contributed by atoms with Crippen LogP contribution < -0.4 is 11.1 Å². The molecule has 0 aliphatic carbocycles. The normalized spacial score (nSPS) is 10.8. The highest BCUT2D eigenvalue weighted by Gasteiger charge is 2.00. The lowest BCUT2D eigenvalue weighted by Gasteiger charge is -2.05. The molecule has 4 heteroatoms. The second-order valence-corrected chi connectivity index (χ2v) is 12.9. The van der Waals surface area contributed by atoms with Crippen LogP contribution in [0.3, 0.4) is 0 Å². The molecule has 0 rings (SSSR count). The van der Waals surface area contributed by atoms with Gasteiger partial charge in [-0.1, -0.05) is 194 Å². The van der Waals surface area contributed by atoms with Gasteiger partial charge in [0.1, 0.15) is 0 Å². The highest BCUT2D eigenvalue weighted by atomic mass is 16.1. The first kappa shape index (κ1) is 43.1. The van der Waals surface area contributed by atoms with E-state index in [1.165, 1.54) is 173 Å². The molecule has 0 unspecified atom stereocenters. The zero-order chi connectivity index (χ0) is 31.2. The van der Waals surface area contributed by atoms with Gasteiger partial charge in [-0.05, 0) is 19.3 Å². The maximum Gasteiger partial charge on any atom is 0.219 e. The first-order valence-electron chi connectivity index (χ1n) is 19.1.